The number of anilines is 1. The summed E-state index contributed by atoms with van der Waals surface area (Å²) in [5.41, 5.74) is 0.367. The molecule has 0 unspecified atom stereocenters. The number of urea groups is 1. The van der Waals surface area contributed by atoms with Gasteiger partial charge in [-0.15, -0.1) is 0 Å². The highest BCUT2D eigenvalue weighted by atomic mass is 16.2. The molecular formula is C10H13N5O. The van der Waals surface area contributed by atoms with E-state index in [4.69, 9.17) is 5.26 Å². The van der Waals surface area contributed by atoms with Crippen LogP contribution in [0.5, 0.6) is 0 Å². The van der Waals surface area contributed by atoms with Crippen LogP contribution in [0.1, 0.15) is 24.8 Å². The Morgan fingerprint density at radius 1 is 1.69 bits per heavy atom. The minimum absolute atomic E-state index is 0.272. The molecule has 0 atom stereocenters. The van der Waals surface area contributed by atoms with Crippen molar-refractivity contribution in [2.45, 2.75) is 25.3 Å². The van der Waals surface area contributed by atoms with Crippen LogP contribution in [0.25, 0.3) is 0 Å². The number of amides is 2. The van der Waals surface area contributed by atoms with E-state index in [-0.39, 0.29) is 12.1 Å². The van der Waals surface area contributed by atoms with Crippen LogP contribution in [0.15, 0.2) is 6.20 Å². The molecule has 6 heteroatoms. The van der Waals surface area contributed by atoms with E-state index >= 15 is 0 Å². The maximum absolute atomic E-state index is 11.5. The molecule has 0 bridgehead atoms. The fourth-order valence-electron chi connectivity index (χ4n) is 1.54. The van der Waals surface area contributed by atoms with E-state index in [1.54, 1.807) is 13.2 Å². The molecule has 0 saturated heterocycles. The maximum atomic E-state index is 11.5. The summed E-state index contributed by atoms with van der Waals surface area (Å²) in [6.07, 6.45) is 4.79. The second-order valence-corrected chi connectivity index (χ2v) is 3.90. The third-order valence-corrected chi connectivity index (χ3v) is 2.62. The fourth-order valence-corrected chi connectivity index (χ4v) is 1.54. The highest BCUT2D eigenvalue weighted by Crippen LogP contribution is 2.18. The van der Waals surface area contributed by atoms with Crippen molar-refractivity contribution < 1.29 is 4.79 Å². The van der Waals surface area contributed by atoms with E-state index in [9.17, 15) is 4.79 Å². The average molecular weight is 219 g/mol. The van der Waals surface area contributed by atoms with Gasteiger partial charge in [-0.1, -0.05) is 0 Å². The number of nitrogens with one attached hydrogen (secondary N) is 2. The van der Waals surface area contributed by atoms with Gasteiger partial charge in [0.1, 0.15) is 11.6 Å². The van der Waals surface area contributed by atoms with Crippen LogP contribution in [-0.2, 0) is 7.05 Å². The third kappa shape index (κ3) is 2.14. The lowest BCUT2D eigenvalue weighted by Crippen LogP contribution is -2.42. The summed E-state index contributed by atoms with van der Waals surface area (Å²) in [5.74, 6) is 0.307. The molecule has 2 rings (SSSR count). The maximum Gasteiger partial charge on any atom is 0.320 e. The van der Waals surface area contributed by atoms with Gasteiger partial charge < -0.3 is 5.32 Å². The van der Waals surface area contributed by atoms with Crippen LogP contribution in [0.4, 0.5) is 10.6 Å². The van der Waals surface area contributed by atoms with Crippen molar-refractivity contribution in [3.63, 3.8) is 0 Å². The molecule has 0 spiro atoms. The van der Waals surface area contributed by atoms with Gasteiger partial charge in [-0.3, -0.25) is 10.00 Å². The molecule has 6 nitrogen and oxygen atoms in total. The summed E-state index contributed by atoms with van der Waals surface area (Å²) < 4.78 is 1.50. The number of carbonyl (C=O) groups excluding carboxylic acids is 1. The molecule has 84 valence electrons. The van der Waals surface area contributed by atoms with Crippen molar-refractivity contribution in [1.82, 2.24) is 15.1 Å². The molecule has 1 aromatic heterocycles. The number of aromatic nitrogens is 2. The molecule has 1 fully saturated rings. The first-order valence-corrected chi connectivity index (χ1v) is 5.20. The summed E-state index contributed by atoms with van der Waals surface area (Å²) in [7, 11) is 1.70. The molecular weight excluding hydrogens is 206 g/mol. The molecule has 2 amide bonds. The van der Waals surface area contributed by atoms with Gasteiger partial charge >= 0.3 is 6.03 Å². The highest BCUT2D eigenvalue weighted by molar-refractivity contribution is 5.89. The predicted octanol–water partition coefficient (Wildman–Crippen LogP) is 0.966. The second-order valence-electron chi connectivity index (χ2n) is 3.90. The lowest BCUT2D eigenvalue weighted by Gasteiger charge is -2.26. The standard InChI is InChI=1S/C10H13N5O/c1-15-6-7(5-11)9(14-15)13-10(16)12-8-3-2-4-8/h6,8H,2-4H2,1H3,(H2,12,13,14,16). The zero-order valence-electron chi connectivity index (χ0n) is 9.03. The van der Waals surface area contributed by atoms with Gasteiger partial charge in [-0.05, 0) is 19.3 Å². The monoisotopic (exact) mass is 219 g/mol. The van der Waals surface area contributed by atoms with Crippen molar-refractivity contribution in [2.75, 3.05) is 5.32 Å². The van der Waals surface area contributed by atoms with Crippen molar-refractivity contribution in [3.05, 3.63) is 11.8 Å². The molecule has 0 radical (unpaired) electrons. The minimum Gasteiger partial charge on any atom is -0.335 e. The van der Waals surface area contributed by atoms with Crippen molar-refractivity contribution in [3.8, 4) is 6.07 Å². The van der Waals surface area contributed by atoms with Crippen LogP contribution in [0.3, 0.4) is 0 Å². The normalized spacial score (nSPS) is 15.0. The molecule has 16 heavy (non-hydrogen) atoms. The summed E-state index contributed by atoms with van der Waals surface area (Å²) in [4.78, 5) is 11.5. The largest absolute Gasteiger partial charge is 0.335 e. The topological polar surface area (TPSA) is 82.7 Å². The van der Waals surface area contributed by atoms with Gasteiger partial charge in [0.2, 0.25) is 0 Å². The van der Waals surface area contributed by atoms with E-state index in [1.165, 1.54) is 4.68 Å². The molecule has 1 saturated carbocycles. The van der Waals surface area contributed by atoms with Crippen LogP contribution < -0.4 is 10.6 Å². The van der Waals surface area contributed by atoms with Crippen LogP contribution in [-0.4, -0.2) is 21.9 Å². The van der Waals surface area contributed by atoms with Crippen LogP contribution in [0.2, 0.25) is 0 Å². The Bertz CT molecular complexity index is 441. The molecule has 1 heterocycles. The third-order valence-electron chi connectivity index (χ3n) is 2.62. The number of rotatable bonds is 2. The molecule has 1 aliphatic rings. The predicted molar refractivity (Wildman–Crippen MR) is 57.7 cm³/mol. The van der Waals surface area contributed by atoms with Crippen LogP contribution in [0, 0.1) is 11.3 Å². The molecule has 1 aromatic rings. The summed E-state index contributed by atoms with van der Waals surface area (Å²) in [6, 6.07) is 1.96. The molecule has 2 N–H and O–H groups in total. The Morgan fingerprint density at radius 3 is 3.00 bits per heavy atom. The van der Waals surface area contributed by atoms with Crippen molar-refractivity contribution in [1.29, 1.82) is 5.26 Å². The first-order chi connectivity index (χ1) is 7.69. The quantitative estimate of drug-likeness (QED) is 0.777. The number of carbonyl (C=O) groups is 1. The van der Waals surface area contributed by atoms with E-state index in [2.05, 4.69) is 15.7 Å². The molecule has 0 aromatic carbocycles. The van der Waals surface area contributed by atoms with Crippen molar-refractivity contribution in [2.24, 2.45) is 7.05 Å². The summed E-state index contributed by atoms with van der Waals surface area (Å²) in [6.45, 7) is 0. The van der Waals surface area contributed by atoms with E-state index in [0.29, 0.717) is 11.4 Å². The van der Waals surface area contributed by atoms with Gasteiger partial charge in [-0.25, -0.2) is 4.79 Å². The highest BCUT2D eigenvalue weighted by Gasteiger charge is 2.20. The number of aryl methyl sites for hydroxylation is 1. The Labute approximate surface area is 93.2 Å². The van der Waals surface area contributed by atoms with Gasteiger partial charge in [-0.2, -0.15) is 10.4 Å². The van der Waals surface area contributed by atoms with Crippen LogP contribution >= 0.6 is 0 Å². The van der Waals surface area contributed by atoms with E-state index in [0.717, 1.165) is 19.3 Å². The number of nitriles is 1. The van der Waals surface area contributed by atoms with Gasteiger partial charge in [0.15, 0.2) is 5.82 Å². The number of hydrogen-bond donors (Lipinski definition) is 2. The molecule has 0 aliphatic heterocycles. The first-order valence-electron chi connectivity index (χ1n) is 5.20. The summed E-state index contributed by atoms with van der Waals surface area (Å²) >= 11 is 0. The second kappa shape index (κ2) is 4.23. The average Bonchev–Trinajstić information content (AvgIpc) is 2.52. The van der Waals surface area contributed by atoms with E-state index < -0.39 is 0 Å². The Kier molecular flexibility index (Phi) is 2.77. The number of hydrogen-bond acceptors (Lipinski definition) is 3. The van der Waals surface area contributed by atoms with Gasteiger partial charge in [0, 0.05) is 19.3 Å². The van der Waals surface area contributed by atoms with Gasteiger partial charge in [0.25, 0.3) is 0 Å². The molecule has 1 aliphatic carbocycles. The Hall–Kier alpha value is -2.03. The minimum atomic E-state index is -0.292. The SMILES string of the molecule is Cn1cc(C#N)c(NC(=O)NC2CCC2)n1. The van der Waals surface area contributed by atoms with E-state index in [1.807, 2.05) is 6.07 Å². The Morgan fingerprint density at radius 2 is 2.44 bits per heavy atom. The summed E-state index contributed by atoms with van der Waals surface area (Å²) in [5, 5.41) is 18.2. The zero-order chi connectivity index (χ0) is 11.5. The van der Waals surface area contributed by atoms with Crippen molar-refractivity contribution >= 4 is 11.8 Å². The Balaban J connectivity index is 1.97. The lowest BCUT2D eigenvalue weighted by molar-refractivity contribution is 0.240. The van der Waals surface area contributed by atoms with Gasteiger partial charge in [0.05, 0.1) is 0 Å². The fraction of sp³-hybridized carbons (Fsp3) is 0.500. The zero-order valence-corrected chi connectivity index (χ0v) is 9.03. The smallest absolute Gasteiger partial charge is 0.320 e. The first kappa shape index (κ1) is 10.5. The lowest BCUT2D eigenvalue weighted by atomic mass is 9.93. The number of nitrogens with zero attached hydrogens (tertiary/aromatic N) is 3.